The Kier molecular flexibility index (Phi) is 6.63. The van der Waals surface area contributed by atoms with Gasteiger partial charge in [-0.25, -0.2) is 4.79 Å². The van der Waals surface area contributed by atoms with Crippen LogP contribution in [0.4, 0.5) is 0 Å². The van der Waals surface area contributed by atoms with Crippen molar-refractivity contribution in [1.29, 1.82) is 0 Å². The van der Waals surface area contributed by atoms with E-state index in [2.05, 4.69) is 4.74 Å². The first kappa shape index (κ1) is 20.5. The number of carbonyl (C=O) groups excluding carboxylic acids is 3. The van der Waals surface area contributed by atoms with Gasteiger partial charge in [-0.05, 0) is 38.1 Å². The Hall–Kier alpha value is -2.80. The van der Waals surface area contributed by atoms with Crippen LogP contribution in [0.2, 0.25) is 5.02 Å². The van der Waals surface area contributed by atoms with Gasteiger partial charge in [0, 0.05) is 28.5 Å². The molecule has 0 aliphatic heterocycles. The van der Waals surface area contributed by atoms with Crippen LogP contribution < -0.4 is 0 Å². The maximum absolute atomic E-state index is 12.4. The van der Waals surface area contributed by atoms with E-state index in [1.165, 1.54) is 25.3 Å². The average molecular weight is 394 g/mol. The number of carbonyl (C=O) groups is 3. The number of aromatic hydroxyl groups is 1. The number of halogens is 1. The maximum atomic E-state index is 12.4. The summed E-state index contributed by atoms with van der Waals surface area (Å²) in [5.41, 5.74) is 1.81. The number of benzene rings is 1. The van der Waals surface area contributed by atoms with E-state index in [1.807, 2.05) is 11.5 Å². The van der Waals surface area contributed by atoms with Gasteiger partial charge in [-0.15, -0.1) is 0 Å². The van der Waals surface area contributed by atoms with Crippen molar-refractivity contribution in [2.45, 2.75) is 26.8 Å². The Morgan fingerprint density at radius 2 is 1.85 bits per heavy atom. The van der Waals surface area contributed by atoms with Crippen LogP contribution in [-0.4, -0.2) is 41.1 Å². The normalized spacial score (nSPS) is 10.5. The van der Waals surface area contributed by atoms with E-state index >= 15 is 0 Å². The van der Waals surface area contributed by atoms with Crippen molar-refractivity contribution in [3.63, 3.8) is 0 Å². The van der Waals surface area contributed by atoms with Crippen molar-refractivity contribution in [2.75, 3.05) is 13.7 Å². The summed E-state index contributed by atoms with van der Waals surface area (Å²) < 4.78 is 11.5. The van der Waals surface area contributed by atoms with Crippen molar-refractivity contribution in [2.24, 2.45) is 0 Å². The topological polar surface area (TPSA) is 94.8 Å². The van der Waals surface area contributed by atoms with Gasteiger partial charge in [0.25, 0.3) is 0 Å². The lowest BCUT2D eigenvalue weighted by Crippen LogP contribution is -2.15. The predicted octanol–water partition coefficient (Wildman–Crippen LogP) is 3.07. The van der Waals surface area contributed by atoms with Crippen LogP contribution in [0.15, 0.2) is 24.3 Å². The fourth-order valence-corrected chi connectivity index (χ4v) is 2.86. The fraction of sp³-hybridized carbons (Fsp3) is 0.316. The van der Waals surface area contributed by atoms with Crippen molar-refractivity contribution in [3.8, 4) is 5.75 Å². The fourth-order valence-electron chi connectivity index (χ4n) is 2.70. The molecule has 1 aromatic carbocycles. The molecule has 7 nitrogen and oxygen atoms in total. The van der Waals surface area contributed by atoms with E-state index < -0.39 is 12.6 Å². The molecule has 0 radical (unpaired) electrons. The molecule has 0 saturated carbocycles. The van der Waals surface area contributed by atoms with Crippen LogP contribution in [0.5, 0.6) is 5.75 Å². The zero-order valence-corrected chi connectivity index (χ0v) is 16.0. The van der Waals surface area contributed by atoms with E-state index in [0.29, 0.717) is 17.8 Å². The SMILES string of the molecule is COC(=O)CCn1c(C)cc(C(=O)COC(=O)c2ccc(Cl)cc2O)c1C. The van der Waals surface area contributed by atoms with E-state index in [9.17, 15) is 19.5 Å². The monoisotopic (exact) mass is 393 g/mol. The van der Waals surface area contributed by atoms with Gasteiger partial charge in [-0.2, -0.15) is 0 Å². The molecule has 0 aliphatic rings. The second kappa shape index (κ2) is 8.73. The lowest BCUT2D eigenvalue weighted by atomic mass is 10.1. The summed E-state index contributed by atoms with van der Waals surface area (Å²) in [6.07, 6.45) is 0.186. The molecule has 0 saturated heterocycles. The lowest BCUT2D eigenvalue weighted by Gasteiger charge is -2.09. The molecule has 0 spiro atoms. The molecule has 0 atom stereocenters. The molecule has 1 heterocycles. The molecule has 2 rings (SSSR count). The van der Waals surface area contributed by atoms with Crippen LogP contribution in [0.3, 0.4) is 0 Å². The van der Waals surface area contributed by atoms with Gasteiger partial charge >= 0.3 is 11.9 Å². The minimum atomic E-state index is -0.822. The molecule has 0 bridgehead atoms. The molecule has 0 fully saturated rings. The average Bonchev–Trinajstić information content (AvgIpc) is 2.91. The van der Waals surface area contributed by atoms with Crippen molar-refractivity contribution in [3.05, 3.63) is 51.8 Å². The van der Waals surface area contributed by atoms with Crippen molar-refractivity contribution < 1.29 is 29.0 Å². The number of esters is 2. The zero-order valence-electron chi connectivity index (χ0n) is 15.2. The number of ether oxygens (including phenoxy) is 2. The third kappa shape index (κ3) is 4.89. The number of phenolic OH excluding ortho intramolecular Hbond substituents is 1. The molecular weight excluding hydrogens is 374 g/mol. The van der Waals surface area contributed by atoms with Gasteiger partial charge in [0.1, 0.15) is 11.3 Å². The van der Waals surface area contributed by atoms with E-state index in [0.717, 1.165) is 5.69 Å². The molecule has 1 N–H and O–H groups in total. The molecule has 0 amide bonds. The summed E-state index contributed by atoms with van der Waals surface area (Å²) in [4.78, 5) is 35.8. The van der Waals surface area contributed by atoms with Gasteiger partial charge in [-0.1, -0.05) is 11.6 Å². The quantitative estimate of drug-likeness (QED) is 0.573. The maximum Gasteiger partial charge on any atom is 0.342 e. The zero-order chi connectivity index (χ0) is 20.1. The second-order valence-electron chi connectivity index (χ2n) is 5.92. The van der Waals surface area contributed by atoms with Crippen LogP contribution in [0.25, 0.3) is 0 Å². The Balaban J connectivity index is 2.05. The highest BCUT2D eigenvalue weighted by atomic mass is 35.5. The highest BCUT2D eigenvalue weighted by Gasteiger charge is 2.19. The number of Topliss-reactive ketones (excluding diaryl/α,β-unsaturated/α-hetero) is 1. The summed E-state index contributed by atoms with van der Waals surface area (Å²) >= 11 is 5.72. The van der Waals surface area contributed by atoms with Gasteiger partial charge in [0.05, 0.1) is 13.5 Å². The predicted molar refractivity (Wildman–Crippen MR) is 98.3 cm³/mol. The minimum Gasteiger partial charge on any atom is -0.507 e. The van der Waals surface area contributed by atoms with Crippen LogP contribution in [-0.2, 0) is 20.8 Å². The number of hydrogen-bond acceptors (Lipinski definition) is 6. The number of methoxy groups -OCH3 is 1. The van der Waals surface area contributed by atoms with Gasteiger partial charge in [0.15, 0.2) is 6.61 Å². The summed E-state index contributed by atoms with van der Waals surface area (Å²) in [6.45, 7) is 3.49. The molecule has 27 heavy (non-hydrogen) atoms. The Morgan fingerprint density at radius 3 is 2.48 bits per heavy atom. The standard InChI is InChI=1S/C19H20ClNO6/c1-11-8-15(12(2)21(11)7-6-18(24)26-3)17(23)10-27-19(25)14-5-4-13(20)9-16(14)22/h4-5,8-9,22H,6-7,10H2,1-3H3. The van der Waals surface area contributed by atoms with E-state index in [-0.39, 0.29) is 34.5 Å². The van der Waals surface area contributed by atoms with Crippen LogP contribution in [0, 0.1) is 13.8 Å². The van der Waals surface area contributed by atoms with Crippen LogP contribution in [0.1, 0.15) is 38.5 Å². The molecule has 8 heteroatoms. The highest BCUT2D eigenvalue weighted by Crippen LogP contribution is 2.23. The number of ketones is 1. The number of aromatic nitrogens is 1. The van der Waals surface area contributed by atoms with Crippen molar-refractivity contribution >= 4 is 29.3 Å². The van der Waals surface area contributed by atoms with Gasteiger partial charge in [-0.3, -0.25) is 9.59 Å². The highest BCUT2D eigenvalue weighted by molar-refractivity contribution is 6.30. The summed E-state index contributed by atoms with van der Waals surface area (Å²) in [5.74, 6) is -1.86. The lowest BCUT2D eigenvalue weighted by molar-refractivity contribution is -0.140. The largest absolute Gasteiger partial charge is 0.507 e. The Morgan fingerprint density at radius 1 is 1.15 bits per heavy atom. The summed E-state index contributed by atoms with van der Waals surface area (Å²) in [5, 5.41) is 10.0. The van der Waals surface area contributed by atoms with E-state index in [4.69, 9.17) is 16.3 Å². The third-order valence-corrected chi connectivity index (χ3v) is 4.39. The third-order valence-electron chi connectivity index (χ3n) is 4.16. The minimum absolute atomic E-state index is 0.0734. The molecule has 144 valence electrons. The first-order chi connectivity index (χ1) is 12.7. The van der Waals surface area contributed by atoms with Gasteiger partial charge in [0.2, 0.25) is 5.78 Å². The van der Waals surface area contributed by atoms with Crippen molar-refractivity contribution in [1.82, 2.24) is 4.57 Å². The van der Waals surface area contributed by atoms with Crippen LogP contribution >= 0.6 is 11.6 Å². The smallest absolute Gasteiger partial charge is 0.342 e. The number of rotatable bonds is 7. The molecule has 0 unspecified atom stereocenters. The number of phenols is 1. The van der Waals surface area contributed by atoms with E-state index in [1.54, 1.807) is 13.0 Å². The molecule has 0 aliphatic carbocycles. The first-order valence-electron chi connectivity index (χ1n) is 8.17. The molecular formula is C19H20ClNO6. The summed E-state index contributed by atoms with van der Waals surface area (Å²) in [7, 11) is 1.32. The number of aryl methyl sites for hydroxylation is 1. The first-order valence-corrected chi connectivity index (χ1v) is 8.54. The number of nitrogens with zero attached hydrogens (tertiary/aromatic N) is 1. The summed E-state index contributed by atoms with van der Waals surface area (Å²) in [6, 6.07) is 5.66. The van der Waals surface area contributed by atoms with Gasteiger partial charge < -0.3 is 19.1 Å². The molecule has 1 aromatic heterocycles. The number of hydrogen-bond donors (Lipinski definition) is 1. The Bertz CT molecular complexity index is 887. The molecule has 2 aromatic rings. The Labute approximate surface area is 161 Å². The second-order valence-corrected chi connectivity index (χ2v) is 6.36.